The van der Waals surface area contributed by atoms with Crippen LogP contribution in [0.5, 0.6) is 0 Å². The Kier molecular flexibility index (Phi) is 4.78. The summed E-state index contributed by atoms with van der Waals surface area (Å²) >= 11 is 0. The minimum absolute atomic E-state index is 0.0164. The van der Waals surface area contributed by atoms with Crippen LogP contribution in [-0.2, 0) is 9.47 Å². The lowest BCUT2D eigenvalue weighted by Gasteiger charge is -2.62. The highest BCUT2D eigenvalue weighted by atomic mass is 16.7. The first-order valence-corrected chi connectivity index (χ1v) is 13.4. The molecule has 2 saturated heterocycles. The topological polar surface area (TPSA) is 58.9 Å². The van der Waals surface area contributed by atoms with E-state index in [4.69, 9.17) is 9.47 Å². The zero-order valence-corrected chi connectivity index (χ0v) is 20.1. The highest BCUT2D eigenvalue weighted by Gasteiger charge is 2.69. The first-order chi connectivity index (χ1) is 14.7. The molecular formula is C27H44O4. The molecular weight excluding hydrogens is 388 g/mol. The summed E-state index contributed by atoms with van der Waals surface area (Å²) in [5.74, 6) is 3.89. The van der Waals surface area contributed by atoms with Crippen molar-refractivity contribution in [1.29, 1.82) is 0 Å². The van der Waals surface area contributed by atoms with Gasteiger partial charge >= 0.3 is 0 Å². The monoisotopic (exact) mass is 432 g/mol. The Morgan fingerprint density at radius 1 is 0.871 bits per heavy atom. The highest BCUT2D eigenvalue weighted by Crippen LogP contribution is 2.71. The standard InChI is InChI=1S/C27H44O4/c1-15-7-10-27(30-14-15)16(2)24-22(31-27)13-21-19-6-5-17-11-18(28)12-23(29)26(17,4)20(19)8-9-25(21,24)3/h15-24,28-29H,5-14H2,1-4H3/t15-,16+,17-,18+,19-,20+,21+,22+,23-,24+,25+,26+,27-/m0/s1. The molecule has 2 heterocycles. The predicted molar refractivity (Wildman–Crippen MR) is 119 cm³/mol. The first kappa shape index (κ1) is 21.4. The van der Waals surface area contributed by atoms with Crippen molar-refractivity contribution in [3.05, 3.63) is 0 Å². The van der Waals surface area contributed by atoms with E-state index in [-0.39, 0.29) is 23.4 Å². The molecule has 176 valence electrons. The Labute approximate surface area is 188 Å². The van der Waals surface area contributed by atoms with Gasteiger partial charge in [0.2, 0.25) is 0 Å². The van der Waals surface area contributed by atoms with Gasteiger partial charge in [-0.25, -0.2) is 0 Å². The van der Waals surface area contributed by atoms with E-state index < -0.39 is 0 Å². The fourth-order valence-electron chi connectivity index (χ4n) is 10.3. The molecule has 0 aromatic carbocycles. The smallest absolute Gasteiger partial charge is 0.171 e. The average molecular weight is 433 g/mol. The zero-order chi connectivity index (χ0) is 21.8. The van der Waals surface area contributed by atoms with Gasteiger partial charge in [0.25, 0.3) is 0 Å². The number of rotatable bonds is 0. The first-order valence-electron chi connectivity index (χ1n) is 13.4. The van der Waals surface area contributed by atoms with Crippen LogP contribution >= 0.6 is 0 Å². The largest absolute Gasteiger partial charge is 0.393 e. The van der Waals surface area contributed by atoms with Gasteiger partial charge in [-0.15, -0.1) is 0 Å². The molecule has 4 heteroatoms. The van der Waals surface area contributed by atoms with E-state index in [0.29, 0.717) is 59.4 Å². The fourth-order valence-corrected chi connectivity index (χ4v) is 10.3. The predicted octanol–water partition coefficient (Wildman–Crippen LogP) is 4.76. The molecule has 31 heavy (non-hydrogen) atoms. The maximum absolute atomic E-state index is 11.2. The van der Waals surface area contributed by atoms with Crippen LogP contribution in [0.25, 0.3) is 0 Å². The quantitative estimate of drug-likeness (QED) is 0.579. The molecule has 0 aromatic heterocycles. The molecule has 0 amide bonds. The molecule has 6 rings (SSSR count). The minimum atomic E-state index is -0.351. The summed E-state index contributed by atoms with van der Waals surface area (Å²) in [7, 11) is 0. The van der Waals surface area contributed by atoms with Crippen LogP contribution in [0, 0.1) is 52.3 Å². The average Bonchev–Trinajstić information content (AvgIpc) is 3.16. The number of aliphatic hydroxyl groups is 2. The second-order valence-corrected chi connectivity index (χ2v) is 13.2. The minimum Gasteiger partial charge on any atom is -0.393 e. The van der Waals surface area contributed by atoms with Crippen LogP contribution < -0.4 is 0 Å². The molecule has 4 nitrogen and oxygen atoms in total. The molecule has 0 unspecified atom stereocenters. The third-order valence-corrected chi connectivity index (χ3v) is 12.0. The molecule has 4 aliphatic carbocycles. The van der Waals surface area contributed by atoms with Gasteiger partial charge < -0.3 is 19.7 Å². The van der Waals surface area contributed by atoms with Gasteiger partial charge in [0, 0.05) is 12.3 Å². The van der Waals surface area contributed by atoms with Crippen molar-refractivity contribution < 1.29 is 19.7 Å². The number of hydrogen-bond donors (Lipinski definition) is 2. The number of ether oxygens (including phenoxy) is 2. The van der Waals surface area contributed by atoms with Crippen molar-refractivity contribution in [3.63, 3.8) is 0 Å². The van der Waals surface area contributed by atoms with E-state index in [1.807, 2.05) is 0 Å². The van der Waals surface area contributed by atoms with Crippen LogP contribution in [0.3, 0.4) is 0 Å². The van der Waals surface area contributed by atoms with Crippen molar-refractivity contribution in [2.24, 2.45) is 52.3 Å². The Morgan fingerprint density at radius 3 is 2.42 bits per heavy atom. The summed E-state index contributed by atoms with van der Waals surface area (Å²) in [5.41, 5.74) is 0.320. The lowest BCUT2D eigenvalue weighted by molar-refractivity contribution is -0.273. The maximum atomic E-state index is 11.2. The second kappa shape index (κ2) is 6.93. The van der Waals surface area contributed by atoms with Crippen LogP contribution in [0.15, 0.2) is 0 Å². The normalized spacial score (nSPS) is 63.3. The number of hydrogen-bond acceptors (Lipinski definition) is 4. The molecule has 0 radical (unpaired) electrons. The van der Waals surface area contributed by atoms with E-state index in [1.54, 1.807) is 0 Å². The molecule has 2 aliphatic heterocycles. The molecule has 0 bridgehead atoms. The number of aliphatic hydroxyl groups excluding tert-OH is 2. The summed E-state index contributed by atoms with van der Waals surface area (Å²) in [6.07, 6.45) is 9.56. The highest BCUT2D eigenvalue weighted by molar-refractivity contribution is 5.16. The summed E-state index contributed by atoms with van der Waals surface area (Å²) in [6, 6.07) is 0. The van der Waals surface area contributed by atoms with Gasteiger partial charge in [-0.1, -0.05) is 27.7 Å². The van der Waals surface area contributed by atoms with Crippen molar-refractivity contribution in [2.45, 2.75) is 110 Å². The SMILES string of the molecule is C[C@H]1CC[C@]2(OC1)O[C@@H]1C[C@@H]3[C@H]4CC[C@H]5C[C@@H](O)C[C@H](O)[C@@]5(C)[C@@H]4CC[C@@]3(C)[C@@H]1[C@H]2C. The van der Waals surface area contributed by atoms with E-state index in [0.717, 1.165) is 19.4 Å². The van der Waals surface area contributed by atoms with Gasteiger partial charge in [-0.3, -0.25) is 0 Å². The van der Waals surface area contributed by atoms with Crippen molar-refractivity contribution in [1.82, 2.24) is 0 Å². The van der Waals surface area contributed by atoms with Gasteiger partial charge in [0.15, 0.2) is 5.79 Å². The van der Waals surface area contributed by atoms with E-state index in [1.165, 1.54) is 38.5 Å². The lowest BCUT2D eigenvalue weighted by atomic mass is 9.43. The van der Waals surface area contributed by atoms with Crippen LogP contribution in [0.1, 0.15) is 85.5 Å². The van der Waals surface area contributed by atoms with Crippen molar-refractivity contribution in [2.75, 3.05) is 6.61 Å². The van der Waals surface area contributed by atoms with E-state index >= 15 is 0 Å². The Hall–Kier alpha value is -0.160. The van der Waals surface area contributed by atoms with Crippen molar-refractivity contribution >= 4 is 0 Å². The number of fused-ring (bicyclic) bond motifs is 7. The van der Waals surface area contributed by atoms with Crippen LogP contribution in [0.4, 0.5) is 0 Å². The van der Waals surface area contributed by atoms with Gasteiger partial charge in [-0.05, 0) is 97.7 Å². The third-order valence-electron chi connectivity index (χ3n) is 12.0. The molecule has 0 aromatic rings. The molecule has 6 fully saturated rings. The Balaban J connectivity index is 1.27. The molecule has 2 N–H and O–H groups in total. The second-order valence-electron chi connectivity index (χ2n) is 13.2. The molecule has 4 saturated carbocycles. The van der Waals surface area contributed by atoms with Gasteiger partial charge in [0.1, 0.15) is 0 Å². The molecule has 1 spiro atoms. The van der Waals surface area contributed by atoms with Crippen molar-refractivity contribution in [3.8, 4) is 0 Å². The van der Waals surface area contributed by atoms with E-state index in [9.17, 15) is 10.2 Å². The zero-order valence-electron chi connectivity index (χ0n) is 20.1. The van der Waals surface area contributed by atoms with Crippen LogP contribution in [-0.4, -0.2) is 40.9 Å². The lowest BCUT2D eigenvalue weighted by Crippen LogP contribution is -2.59. The van der Waals surface area contributed by atoms with Crippen LogP contribution in [0.2, 0.25) is 0 Å². The van der Waals surface area contributed by atoms with E-state index in [2.05, 4.69) is 27.7 Å². The van der Waals surface area contributed by atoms with Gasteiger partial charge in [0.05, 0.1) is 24.9 Å². The molecule has 6 aliphatic rings. The summed E-state index contributed by atoms with van der Waals surface area (Å²) < 4.78 is 13.3. The maximum Gasteiger partial charge on any atom is 0.171 e. The summed E-state index contributed by atoms with van der Waals surface area (Å²) in [6.45, 7) is 10.5. The Morgan fingerprint density at radius 2 is 1.68 bits per heavy atom. The summed E-state index contributed by atoms with van der Waals surface area (Å²) in [5, 5.41) is 21.5. The fraction of sp³-hybridized carbons (Fsp3) is 1.00. The Bertz CT molecular complexity index is 716. The van der Waals surface area contributed by atoms with Gasteiger partial charge in [-0.2, -0.15) is 0 Å². The summed E-state index contributed by atoms with van der Waals surface area (Å²) in [4.78, 5) is 0. The third kappa shape index (κ3) is 2.74. The molecule has 13 atom stereocenters.